The Bertz CT molecular complexity index is 1000. The number of thiocarbonyl (C=S) groups is 1. The zero-order chi connectivity index (χ0) is 19.4. The molecule has 2 N–H and O–H groups in total. The summed E-state index contributed by atoms with van der Waals surface area (Å²) in [6.07, 6.45) is 0. The van der Waals surface area contributed by atoms with Crippen molar-refractivity contribution in [3.63, 3.8) is 0 Å². The molecule has 3 aromatic carbocycles. The van der Waals surface area contributed by atoms with Gasteiger partial charge in [-0.15, -0.1) is 0 Å². The Hall–Kier alpha value is -3.25. The highest BCUT2D eigenvalue weighted by molar-refractivity contribution is 7.80. The Morgan fingerprint density at radius 2 is 1.52 bits per heavy atom. The van der Waals surface area contributed by atoms with Crippen molar-refractivity contribution in [3.8, 4) is 11.1 Å². The quantitative estimate of drug-likeness (QED) is 0.347. The van der Waals surface area contributed by atoms with Crippen molar-refractivity contribution in [2.24, 2.45) is 0 Å². The molecule has 0 aliphatic heterocycles. The topological polar surface area (TPSA) is 67.2 Å². The van der Waals surface area contributed by atoms with Gasteiger partial charge in [-0.05, 0) is 73.1 Å². The minimum Gasteiger partial charge on any atom is -0.332 e. The summed E-state index contributed by atoms with van der Waals surface area (Å²) in [6, 6.07) is 20.1. The summed E-state index contributed by atoms with van der Waals surface area (Å²) in [6.45, 7) is 4.12. The second-order valence-electron chi connectivity index (χ2n) is 6.23. The fourth-order valence-corrected chi connectivity index (χ4v) is 2.96. The smallest absolute Gasteiger partial charge is 0.277 e. The number of nitro benzene ring substituents is 1. The summed E-state index contributed by atoms with van der Waals surface area (Å²) in [4.78, 5) is 10.8. The number of nitrogens with zero attached hydrogens (tertiary/aromatic N) is 1. The lowest BCUT2D eigenvalue weighted by molar-refractivity contribution is -0.384. The summed E-state index contributed by atoms with van der Waals surface area (Å²) < 4.78 is 0. The van der Waals surface area contributed by atoms with Crippen LogP contribution < -0.4 is 10.6 Å². The van der Waals surface area contributed by atoms with Gasteiger partial charge in [0.05, 0.1) is 10.5 Å². The SMILES string of the molecule is Cc1ccc(NC(=S)Nc2ccc(-c3ccccc3[N+](=O)[O-])cc2)cc1C. The summed E-state index contributed by atoms with van der Waals surface area (Å²) >= 11 is 5.36. The average Bonchev–Trinajstić information content (AvgIpc) is 2.65. The molecule has 0 saturated carbocycles. The molecule has 6 heteroatoms. The summed E-state index contributed by atoms with van der Waals surface area (Å²) in [5.41, 5.74) is 5.60. The minimum absolute atomic E-state index is 0.0881. The predicted molar refractivity (Wildman–Crippen MR) is 114 cm³/mol. The highest BCUT2D eigenvalue weighted by Gasteiger charge is 2.13. The van der Waals surface area contributed by atoms with Gasteiger partial charge in [-0.2, -0.15) is 0 Å². The Kier molecular flexibility index (Phi) is 5.47. The highest BCUT2D eigenvalue weighted by Crippen LogP contribution is 2.30. The van der Waals surface area contributed by atoms with Crippen LogP contribution in [0, 0.1) is 24.0 Å². The molecule has 0 radical (unpaired) electrons. The Morgan fingerprint density at radius 3 is 2.19 bits per heavy atom. The van der Waals surface area contributed by atoms with Gasteiger partial charge < -0.3 is 10.6 Å². The molecule has 0 bridgehead atoms. The van der Waals surface area contributed by atoms with Gasteiger partial charge >= 0.3 is 0 Å². The van der Waals surface area contributed by atoms with Gasteiger partial charge in [0, 0.05) is 17.4 Å². The molecule has 0 aliphatic rings. The molecular weight excluding hydrogens is 358 g/mol. The molecule has 5 nitrogen and oxygen atoms in total. The number of benzene rings is 3. The molecule has 0 amide bonds. The van der Waals surface area contributed by atoms with Crippen LogP contribution in [-0.2, 0) is 0 Å². The molecule has 0 spiro atoms. The van der Waals surface area contributed by atoms with Crippen LogP contribution >= 0.6 is 12.2 Å². The second-order valence-corrected chi connectivity index (χ2v) is 6.64. The molecule has 0 unspecified atom stereocenters. The molecule has 0 heterocycles. The van der Waals surface area contributed by atoms with E-state index in [1.54, 1.807) is 18.2 Å². The van der Waals surface area contributed by atoms with Crippen LogP contribution in [0.1, 0.15) is 11.1 Å². The van der Waals surface area contributed by atoms with Gasteiger partial charge in [-0.1, -0.05) is 30.3 Å². The molecule has 0 fully saturated rings. The normalized spacial score (nSPS) is 10.3. The first-order chi connectivity index (χ1) is 12.9. The van der Waals surface area contributed by atoms with Crippen LogP contribution in [0.25, 0.3) is 11.1 Å². The Morgan fingerprint density at radius 1 is 0.889 bits per heavy atom. The Balaban J connectivity index is 1.71. The van der Waals surface area contributed by atoms with E-state index >= 15 is 0 Å². The number of hydrogen-bond donors (Lipinski definition) is 2. The van der Waals surface area contributed by atoms with Crippen LogP contribution in [0.5, 0.6) is 0 Å². The van der Waals surface area contributed by atoms with Crippen molar-refractivity contribution in [1.82, 2.24) is 0 Å². The molecule has 3 rings (SSSR count). The molecule has 0 aromatic heterocycles. The number of rotatable bonds is 4. The van der Waals surface area contributed by atoms with Crippen molar-refractivity contribution >= 4 is 34.4 Å². The van der Waals surface area contributed by atoms with Crippen LogP contribution in [0.3, 0.4) is 0 Å². The first kappa shape index (κ1) is 18.5. The lowest BCUT2D eigenvalue weighted by Gasteiger charge is -2.12. The van der Waals surface area contributed by atoms with E-state index in [1.807, 2.05) is 42.5 Å². The van der Waals surface area contributed by atoms with E-state index in [0.717, 1.165) is 16.9 Å². The van der Waals surface area contributed by atoms with E-state index in [9.17, 15) is 10.1 Å². The minimum atomic E-state index is -0.371. The predicted octanol–water partition coefficient (Wildman–Crippen LogP) is 5.69. The van der Waals surface area contributed by atoms with Gasteiger partial charge in [0.25, 0.3) is 5.69 Å². The van der Waals surface area contributed by atoms with Crippen LogP contribution in [-0.4, -0.2) is 10.0 Å². The number of para-hydroxylation sites is 1. The third-order valence-electron chi connectivity index (χ3n) is 4.32. The first-order valence-corrected chi connectivity index (χ1v) is 8.84. The summed E-state index contributed by atoms with van der Waals surface area (Å²) in [5, 5.41) is 18.0. The van der Waals surface area contributed by atoms with Gasteiger partial charge in [-0.3, -0.25) is 10.1 Å². The van der Waals surface area contributed by atoms with Gasteiger partial charge in [0.1, 0.15) is 0 Å². The first-order valence-electron chi connectivity index (χ1n) is 8.43. The third-order valence-corrected chi connectivity index (χ3v) is 4.52. The van der Waals surface area contributed by atoms with E-state index < -0.39 is 0 Å². The number of anilines is 2. The fraction of sp³-hybridized carbons (Fsp3) is 0.0952. The maximum atomic E-state index is 11.2. The van der Waals surface area contributed by atoms with Crippen LogP contribution in [0.15, 0.2) is 66.7 Å². The van der Waals surface area contributed by atoms with Crippen molar-refractivity contribution in [3.05, 3.63) is 88.0 Å². The fourth-order valence-electron chi connectivity index (χ4n) is 2.72. The molecule has 0 atom stereocenters. The number of nitro groups is 1. The van der Waals surface area contributed by atoms with Crippen molar-refractivity contribution in [1.29, 1.82) is 0 Å². The van der Waals surface area contributed by atoms with E-state index in [0.29, 0.717) is 10.7 Å². The summed E-state index contributed by atoms with van der Waals surface area (Å²) in [7, 11) is 0. The zero-order valence-corrected chi connectivity index (χ0v) is 15.8. The number of nitrogens with one attached hydrogen (secondary N) is 2. The molecule has 0 aliphatic carbocycles. The molecule has 0 saturated heterocycles. The zero-order valence-electron chi connectivity index (χ0n) is 15.0. The number of hydrogen-bond acceptors (Lipinski definition) is 3. The Labute approximate surface area is 163 Å². The average molecular weight is 377 g/mol. The van der Waals surface area contributed by atoms with Gasteiger partial charge in [0.15, 0.2) is 5.11 Å². The van der Waals surface area contributed by atoms with Gasteiger partial charge in [-0.25, -0.2) is 0 Å². The van der Waals surface area contributed by atoms with Crippen molar-refractivity contribution in [2.45, 2.75) is 13.8 Å². The van der Waals surface area contributed by atoms with E-state index in [1.165, 1.54) is 17.2 Å². The monoisotopic (exact) mass is 377 g/mol. The van der Waals surface area contributed by atoms with E-state index in [-0.39, 0.29) is 10.6 Å². The molecule has 3 aromatic rings. The number of aryl methyl sites for hydroxylation is 2. The van der Waals surface area contributed by atoms with Crippen LogP contribution in [0.2, 0.25) is 0 Å². The van der Waals surface area contributed by atoms with E-state index in [4.69, 9.17) is 12.2 Å². The maximum Gasteiger partial charge on any atom is 0.277 e. The largest absolute Gasteiger partial charge is 0.332 e. The molecular formula is C21H19N3O2S. The van der Waals surface area contributed by atoms with Crippen molar-refractivity contribution < 1.29 is 4.92 Å². The highest BCUT2D eigenvalue weighted by atomic mass is 32.1. The summed E-state index contributed by atoms with van der Waals surface area (Å²) in [5.74, 6) is 0. The van der Waals surface area contributed by atoms with Crippen molar-refractivity contribution in [2.75, 3.05) is 10.6 Å². The molecule has 27 heavy (non-hydrogen) atoms. The van der Waals surface area contributed by atoms with Gasteiger partial charge in [0.2, 0.25) is 0 Å². The molecule has 136 valence electrons. The third kappa shape index (κ3) is 4.48. The lowest BCUT2D eigenvalue weighted by Crippen LogP contribution is -2.19. The van der Waals surface area contributed by atoms with Crippen LogP contribution in [0.4, 0.5) is 17.1 Å². The second kappa shape index (κ2) is 7.97. The lowest BCUT2D eigenvalue weighted by atomic mass is 10.0. The maximum absolute atomic E-state index is 11.2. The standard InChI is InChI=1S/C21H19N3O2S/c1-14-7-10-18(13-15(14)2)23-21(27)22-17-11-8-16(9-12-17)19-5-3-4-6-20(19)24(25)26/h3-13H,1-2H3,(H2,22,23,27). The van der Waals surface area contributed by atoms with E-state index in [2.05, 4.69) is 24.5 Å².